The molecule has 4 heterocycles. The average molecular weight is 517 g/mol. The summed E-state index contributed by atoms with van der Waals surface area (Å²) in [6.45, 7) is 2.58. The van der Waals surface area contributed by atoms with Crippen LogP contribution < -0.4 is 10.3 Å². The molecule has 12 heteroatoms. The Labute approximate surface area is 207 Å². The molecule has 5 rings (SSSR count). The molecule has 1 atom stereocenters. The lowest BCUT2D eigenvalue weighted by Gasteiger charge is -2.31. The minimum Gasteiger partial charge on any atom is -0.490 e. The predicted octanol–water partition coefficient (Wildman–Crippen LogP) is 4.48. The van der Waals surface area contributed by atoms with Gasteiger partial charge in [-0.3, -0.25) is 14.4 Å². The second-order valence-electron chi connectivity index (χ2n) is 8.30. The van der Waals surface area contributed by atoms with Crippen molar-refractivity contribution < 1.29 is 28.2 Å². The highest BCUT2D eigenvalue weighted by atomic mass is 32.1. The molecular formula is C24H22F2N4O5S. The van der Waals surface area contributed by atoms with Crippen LogP contribution in [0.15, 0.2) is 34.4 Å². The Balaban J connectivity index is 1.75. The number of benzene rings is 1. The van der Waals surface area contributed by atoms with Crippen molar-refractivity contribution in [1.29, 1.82) is 0 Å². The largest absolute Gasteiger partial charge is 0.490 e. The second-order valence-corrected chi connectivity index (χ2v) is 9.22. The molecule has 1 aromatic carbocycles. The van der Waals surface area contributed by atoms with Crippen LogP contribution in [0.5, 0.6) is 5.75 Å². The average Bonchev–Trinajstić information content (AvgIpc) is 3.48. The summed E-state index contributed by atoms with van der Waals surface area (Å²) in [5.41, 5.74) is 1.10. The van der Waals surface area contributed by atoms with Crippen LogP contribution in [-0.2, 0) is 11.3 Å². The van der Waals surface area contributed by atoms with Gasteiger partial charge in [0.05, 0.1) is 46.2 Å². The molecule has 9 nitrogen and oxygen atoms in total. The highest BCUT2D eigenvalue weighted by Gasteiger charge is 2.31. The summed E-state index contributed by atoms with van der Waals surface area (Å²) >= 11 is 1.24. The lowest BCUT2D eigenvalue weighted by Crippen LogP contribution is -2.40. The molecule has 36 heavy (non-hydrogen) atoms. The number of fused-ring (bicyclic) bond motifs is 2. The molecule has 0 fully saturated rings. The fourth-order valence-electron chi connectivity index (χ4n) is 4.50. The topological polar surface area (TPSA) is 110 Å². The van der Waals surface area contributed by atoms with Crippen molar-refractivity contribution in [3.63, 3.8) is 0 Å². The van der Waals surface area contributed by atoms with Gasteiger partial charge in [-0.1, -0.05) is 0 Å². The molecule has 0 radical (unpaired) electrons. The van der Waals surface area contributed by atoms with Crippen LogP contribution in [-0.4, -0.2) is 57.7 Å². The standard InChI is InChI=1S/C24H22F2N4O5S/c1-12-17-11-16(28-30(17)5-4-29(12)24(32)33)21-20(22-14(3-8-36-22)23(31)27-21)19-15(26)9-13(25)10-18(19)35-7-6-34-2/h3,8-12H,4-7H2,1-2H3,(H,27,31)(H,32,33). The highest BCUT2D eigenvalue weighted by molar-refractivity contribution is 7.17. The number of nitrogens with zero attached hydrogens (tertiary/aromatic N) is 3. The molecule has 1 aliphatic rings. The van der Waals surface area contributed by atoms with Gasteiger partial charge in [-0.05, 0) is 24.4 Å². The smallest absolute Gasteiger partial charge is 0.407 e. The number of rotatable bonds is 6. The van der Waals surface area contributed by atoms with Crippen molar-refractivity contribution in [3.8, 4) is 28.3 Å². The molecule has 0 aliphatic carbocycles. The van der Waals surface area contributed by atoms with Gasteiger partial charge in [0.2, 0.25) is 0 Å². The number of carbonyl (C=O) groups is 1. The number of hydrogen-bond acceptors (Lipinski definition) is 6. The summed E-state index contributed by atoms with van der Waals surface area (Å²) in [5.74, 6) is -1.71. The first kappa shape index (κ1) is 23.9. The fraction of sp³-hybridized carbons (Fsp3) is 0.292. The number of H-pyrrole nitrogens is 1. The van der Waals surface area contributed by atoms with E-state index in [1.165, 1.54) is 23.3 Å². The molecular weight excluding hydrogens is 494 g/mol. The van der Waals surface area contributed by atoms with Crippen molar-refractivity contribution in [1.82, 2.24) is 19.7 Å². The maximum Gasteiger partial charge on any atom is 0.407 e. The van der Waals surface area contributed by atoms with Crippen molar-refractivity contribution in [3.05, 3.63) is 57.3 Å². The quantitative estimate of drug-likeness (QED) is 0.366. The van der Waals surface area contributed by atoms with Crippen LogP contribution in [0, 0.1) is 11.6 Å². The second kappa shape index (κ2) is 9.36. The number of pyridine rings is 1. The molecule has 2 N–H and O–H groups in total. The lowest BCUT2D eigenvalue weighted by molar-refractivity contribution is 0.113. The number of nitrogens with one attached hydrogen (secondary N) is 1. The van der Waals surface area contributed by atoms with E-state index in [1.54, 1.807) is 29.1 Å². The van der Waals surface area contributed by atoms with Gasteiger partial charge in [-0.2, -0.15) is 5.10 Å². The van der Waals surface area contributed by atoms with E-state index in [0.29, 0.717) is 33.6 Å². The molecule has 1 aliphatic heterocycles. The van der Waals surface area contributed by atoms with E-state index in [4.69, 9.17) is 9.47 Å². The molecule has 1 unspecified atom stereocenters. The van der Waals surface area contributed by atoms with Crippen molar-refractivity contribution in [2.45, 2.75) is 19.5 Å². The number of methoxy groups -OCH3 is 1. The van der Waals surface area contributed by atoms with E-state index in [-0.39, 0.29) is 42.3 Å². The number of hydrogen-bond donors (Lipinski definition) is 2. The zero-order valence-corrected chi connectivity index (χ0v) is 20.2. The van der Waals surface area contributed by atoms with E-state index < -0.39 is 23.8 Å². The molecule has 4 aromatic rings. The third-order valence-electron chi connectivity index (χ3n) is 6.20. The van der Waals surface area contributed by atoms with Crippen LogP contribution in [0.25, 0.3) is 32.6 Å². The lowest BCUT2D eigenvalue weighted by atomic mass is 9.98. The van der Waals surface area contributed by atoms with E-state index in [1.807, 2.05) is 0 Å². The number of thiophene rings is 1. The highest BCUT2D eigenvalue weighted by Crippen LogP contribution is 2.44. The first-order valence-electron chi connectivity index (χ1n) is 11.1. The summed E-state index contributed by atoms with van der Waals surface area (Å²) in [4.78, 5) is 28.7. The van der Waals surface area contributed by atoms with Crippen molar-refractivity contribution >= 4 is 27.5 Å². The molecule has 0 saturated heterocycles. The third kappa shape index (κ3) is 4.01. The van der Waals surface area contributed by atoms with Crippen molar-refractivity contribution in [2.24, 2.45) is 0 Å². The zero-order valence-electron chi connectivity index (χ0n) is 19.4. The number of aromatic amines is 1. The van der Waals surface area contributed by atoms with Gasteiger partial charge in [0.1, 0.15) is 29.7 Å². The Kier molecular flexibility index (Phi) is 6.22. The Morgan fingerprint density at radius 1 is 1.25 bits per heavy atom. The molecule has 0 bridgehead atoms. The minimum absolute atomic E-state index is 0.0163. The van der Waals surface area contributed by atoms with E-state index in [9.17, 15) is 19.1 Å². The van der Waals surface area contributed by atoms with Crippen LogP contribution >= 0.6 is 11.3 Å². The van der Waals surface area contributed by atoms with Gasteiger partial charge in [0, 0.05) is 31.4 Å². The summed E-state index contributed by atoms with van der Waals surface area (Å²) in [6.07, 6.45) is -1.04. The monoisotopic (exact) mass is 516 g/mol. The Morgan fingerprint density at radius 2 is 2.06 bits per heavy atom. The fourth-order valence-corrected chi connectivity index (χ4v) is 5.45. The number of aromatic nitrogens is 3. The predicted molar refractivity (Wildman–Crippen MR) is 130 cm³/mol. The molecule has 3 aromatic heterocycles. The molecule has 188 valence electrons. The van der Waals surface area contributed by atoms with Crippen LogP contribution in [0.3, 0.4) is 0 Å². The first-order valence-corrected chi connectivity index (χ1v) is 12.0. The van der Waals surface area contributed by atoms with Gasteiger partial charge in [0.25, 0.3) is 5.56 Å². The number of ether oxygens (including phenoxy) is 2. The number of carboxylic acid groups (broad SMARTS) is 1. The molecule has 0 spiro atoms. The molecule has 0 saturated carbocycles. The van der Waals surface area contributed by atoms with Crippen LogP contribution in [0.1, 0.15) is 18.7 Å². The number of amides is 1. The van der Waals surface area contributed by atoms with E-state index in [0.717, 1.165) is 12.1 Å². The Morgan fingerprint density at radius 3 is 2.81 bits per heavy atom. The van der Waals surface area contributed by atoms with E-state index in [2.05, 4.69) is 10.1 Å². The Bertz CT molecular complexity index is 1530. The summed E-state index contributed by atoms with van der Waals surface area (Å²) in [5, 5.41) is 16.2. The van der Waals surface area contributed by atoms with Gasteiger partial charge in [-0.15, -0.1) is 11.3 Å². The third-order valence-corrected chi connectivity index (χ3v) is 7.13. The van der Waals surface area contributed by atoms with Crippen LogP contribution in [0.2, 0.25) is 0 Å². The van der Waals surface area contributed by atoms with Gasteiger partial charge >= 0.3 is 6.09 Å². The Hall–Kier alpha value is -3.77. The van der Waals surface area contributed by atoms with E-state index >= 15 is 4.39 Å². The normalized spacial score (nSPS) is 15.3. The number of halogens is 2. The van der Waals surface area contributed by atoms with Crippen LogP contribution in [0.4, 0.5) is 13.6 Å². The van der Waals surface area contributed by atoms with Crippen molar-refractivity contribution in [2.75, 3.05) is 26.9 Å². The maximum absolute atomic E-state index is 15.4. The summed E-state index contributed by atoms with van der Waals surface area (Å²) in [7, 11) is 1.48. The molecule has 1 amide bonds. The van der Waals surface area contributed by atoms with Gasteiger partial charge in [-0.25, -0.2) is 13.6 Å². The SMILES string of the molecule is COCCOc1cc(F)cc(F)c1-c1c(-c2cc3n(n2)CCN(C(=O)O)C3C)[nH]c(=O)c2ccsc12. The summed E-state index contributed by atoms with van der Waals surface area (Å²) in [6, 6.07) is 4.68. The summed E-state index contributed by atoms with van der Waals surface area (Å²) < 4.78 is 42.5. The first-order chi connectivity index (χ1) is 17.3. The van der Waals surface area contributed by atoms with Gasteiger partial charge < -0.3 is 19.6 Å². The zero-order chi connectivity index (χ0) is 25.6. The maximum atomic E-state index is 15.4. The minimum atomic E-state index is -1.04. The van der Waals surface area contributed by atoms with Gasteiger partial charge in [0.15, 0.2) is 0 Å².